The summed E-state index contributed by atoms with van der Waals surface area (Å²) < 4.78 is 1.03. The molecule has 0 radical (unpaired) electrons. The maximum absolute atomic E-state index is 10.9. The van der Waals surface area contributed by atoms with Gasteiger partial charge in [-0.25, -0.2) is 9.78 Å². The van der Waals surface area contributed by atoms with Crippen molar-refractivity contribution in [2.75, 3.05) is 5.32 Å². The zero-order valence-corrected chi connectivity index (χ0v) is 12.0. The molecule has 2 rings (SSSR count). The molecule has 2 N–H and O–H groups in total. The monoisotopic (exact) mass is 326 g/mol. The fourth-order valence-electron chi connectivity index (χ4n) is 1.45. The van der Waals surface area contributed by atoms with Crippen molar-refractivity contribution in [3.63, 3.8) is 0 Å². The number of nitrogens with zero attached hydrogens (tertiary/aromatic N) is 1. The number of benzene rings is 1. The van der Waals surface area contributed by atoms with Crippen molar-refractivity contribution in [3.8, 4) is 0 Å². The van der Waals surface area contributed by atoms with E-state index in [4.69, 9.17) is 5.11 Å². The van der Waals surface area contributed by atoms with Crippen molar-refractivity contribution >= 4 is 38.4 Å². The smallest absolute Gasteiger partial charge is 0.355 e. The molecule has 4 nitrogen and oxygen atoms in total. The summed E-state index contributed by atoms with van der Waals surface area (Å²) in [6, 6.07) is 7.92. The molecule has 94 valence electrons. The number of carboxylic acids is 1. The van der Waals surface area contributed by atoms with Gasteiger partial charge in [0.1, 0.15) is 0 Å². The molecule has 0 bridgehead atoms. The van der Waals surface area contributed by atoms with Gasteiger partial charge in [0, 0.05) is 15.9 Å². The third-order valence-corrected chi connectivity index (χ3v) is 3.81. The second-order valence-corrected chi connectivity index (χ2v) is 5.83. The average molecular weight is 327 g/mol. The highest BCUT2D eigenvalue weighted by molar-refractivity contribution is 9.10. The first-order valence-corrected chi connectivity index (χ1v) is 6.86. The Bertz CT molecular complexity index is 566. The molecule has 0 spiro atoms. The predicted octanol–water partition coefficient (Wildman–Crippen LogP) is 3.52. The van der Waals surface area contributed by atoms with Gasteiger partial charge in [0.2, 0.25) is 0 Å². The minimum Gasteiger partial charge on any atom is -0.476 e. The highest BCUT2D eigenvalue weighted by Gasteiger charge is 2.13. The fraction of sp³-hybridized carbons (Fsp3) is 0.167. The SMILES string of the molecule is Cc1sc(NCc2ccc(Br)cc2)nc1C(=O)O. The molecular weight excluding hydrogens is 316 g/mol. The van der Waals surface area contributed by atoms with Crippen molar-refractivity contribution in [2.24, 2.45) is 0 Å². The Morgan fingerprint density at radius 1 is 1.44 bits per heavy atom. The number of aromatic carboxylic acids is 1. The fourth-order valence-corrected chi connectivity index (χ4v) is 2.52. The number of aromatic nitrogens is 1. The molecule has 1 aromatic carbocycles. The van der Waals surface area contributed by atoms with Crippen molar-refractivity contribution in [1.82, 2.24) is 4.98 Å². The van der Waals surface area contributed by atoms with Gasteiger partial charge in [-0.05, 0) is 24.6 Å². The molecule has 0 saturated heterocycles. The summed E-state index contributed by atoms with van der Waals surface area (Å²) in [5, 5.41) is 12.7. The summed E-state index contributed by atoms with van der Waals surface area (Å²) in [7, 11) is 0. The summed E-state index contributed by atoms with van der Waals surface area (Å²) in [6.45, 7) is 2.38. The van der Waals surface area contributed by atoms with Crippen molar-refractivity contribution in [2.45, 2.75) is 13.5 Å². The quantitative estimate of drug-likeness (QED) is 0.902. The molecule has 0 aliphatic carbocycles. The van der Waals surface area contributed by atoms with Gasteiger partial charge in [-0.15, -0.1) is 11.3 Å². The number of carboxylic acid groups (broad SMARTS) is 1. The van der Waals surface area contributed by atoms with Crippen molar-refractivity contribution < 1.29 is 9.90 Å². The summed E-state index contributed by atoms with van der Waals surface area (Å²) in [5.41, 5.74) is 1.24. The molecule has 18 heavy (non-hydrogen) atoms. The molecule has 0 aliphatic rings. The molecule has 0 unspecified atom stereocenters. The minimum atomic E-state index is -0.986. The first-order chi connectivity index (χ1) is 8.56. The van der Waals surface area contributed by atoms with Gasteiger partial charge in [-0.3, -0.25) is 0 Å². The van der Waals surface area contributed by atoms with E-state index in [-0.39, 0.29) is 5.69 Å². The number of anilines is 1. The lowest BCUT2D eigenvalue weighted by Gasteiger charge is -2.02. The Morgan fingerprint density at radius 2 is 2.11 bits per heavy atom. The number of halogens is 1. The Labute approximate surface area is 117 Å². The van der Waals surface area contributed by atoms with E-state index in [2.05, 4.69) is 26.2 Å². The van der Waals surface area contributed by atoms with Gasteiger partial charge in [0.15, 0.2) is 10.8 Å². The number of hydrogen-bond acceptors (Lipinski definition) is 4. The van der Waals surface area contributed by atoms with Crippen LogP contribution in [0.15, 0.2) is 28.7 Å². The van der Waals surface area contributed by atoms with Gasteiger partial charge in [-0.1, -0.05) is 28.1 Å². The van der Waals surface area contributed by atoms with Gasteiger partial charge in [-0.2, -0.15) is 0 Å². The van der Waals surface area contributed by atoms with Crippen LogP contribution in [-0.2, 0) is 6.54 Å². The van der Waals surface area contributed by atoms with Gasteiger partial charge >= 0.3 is 5.97 Å². The van der Waals surface area contributed by atoms with Gasteiger partial charge < -0.3 is 10.4 Å². The largest absolute Gasteiger partial charge is 0.476 e. The number of nitrogens with one attached hydrogen (secondary N) is 1. The molecule has 0 fully saturated rings. The van der Waals surface area contributed by atoms with Crippen LogP contribution in [0.1, 0.15) is 20.9 Å². The number of carbonyl (C=O) groups is 1. The Balaban J connectivity index is 2.04. The number of rotatable bonds is 4. The maximum atomic E-state index is 10.9. The van der Waals surface area contributed by atoms with Crippen LogP contribution >= 0.6 is 27.3 Å². The predicted molar refractivity (Wildman–Crippen MR) is 75.3 cm³/mol. The third-order valence-electron chi connectivity index (χ3n) is 2.36. The topological polar surface area (TPSA) is 62.2 Å². The van der Waals surface area contributed by atoms with Gasteiger partial charge in [0.25, 0.3) is 0 Å². The standard InChI is InChI=1S/C12H11BrN2O2S/c1-7-10(11(16)17)15-12(18-7)14-6-8-2-4-9(13)5-3-8/h2-5H,6H2,1H3,(H,14,15)(H,16,17). The van der Waals surface area contributed by atoms with Crippen LogP contribution < -0.4 is 5.32 Å². The molecule has 6 heteroatoms. The van der Waals surface area contributed by atoms with E-state index in [1.54, 1.807) is 6.92 Å². The zero-order chi connectivity index (χ0) is 13.1. The van der Waals surface area contributed by atoms with Crippen LogP contribution in [0.2, 0.25) is 0 Å². The minimum absolute atomic E-state index is 0.123. The Morgan fingerprint density at radius 3 is 2.67 bits per heavy atom. The Hall–Kier alpha value is -1.40. The maximum Gasteiger partial charge on any atom is 0.355 e. The van der Waals surface area contributed by atoms with Crippen LogP contribution in [0.3, 0.4) is 0 Å². The molecule has 0 atom stereocenters. The first kappa shape index (κ1) is 13.0. The summed E-state index contributed by atoms with van der Waals surface area (Å²) in [4.78, 5) is 15.6. The molecule has 0 saturated carbocycles. The highest BCUT2D eigenvalue weighted by Crippen LogP contribution is 2.22. The van der Waals surface area contributed by atoms with Crippen molar-refractivity contribution in [3.05, 3.63) is 44.9 Å². The van der Waals surface area contributed by atoms with Crippen LogP contribution in [0.4, 0.5) is 5.13 Å². The van der Waals surface area contributed by atoms with Crippen molar-refractivity contribution in [1.29, 1.82) is 0 Å². The van der Waals surface area contributed by atoms with Gasteiger partial charge in [0.05, 0.1) is 0 Å². The van der Waals surface area contributed by atoms with E-state index in [9.17, 15) is 4.79 Å². The number of thiazole rings is 1. The zero-order valence-electron chi connectivity index (χ0n) is 9.61. The van der Waals surface area contributed by atoms with E-state index in [0.717, 1.165) is 10.0 Å². The van der Waals surface area contributed by atoms with Crippen LogP contribution in [0, 0.1) is 6.92 Å². The Kier molecular flexibility index (Phi) is 3.98. The van der Waals surface area contributed by atoms with Crippen LogP contribution in [0.5, 0.6) is 0 Å². The highest BCUT2D eigenvalue weighted by atomic mass is 79.9. The summed E-state index contributed by atoms with van der Waals surface area (Å²) in [6.07, 6.45) is 0. The lowest BCUT2D eigenvalue weighted by Crippen LogP contribution is -2.01. The molecule has 1 aromatic heterocycles. The normalized spacial score (nSPS) is 10.3. The van der Waals surface area contributed by atoms with Crippen LogP contribution in [0.25, 0.3) is 0 Å². The molecular formula is C12H11BrN2O2S. The lowest BCUT2D eigenvalue weighted by atomic mass is 10.2. The third kappa shape index (κ3) is 3.08. The molecule has 0 amide bonds. The van der Waals surface area contributed by atoms with Crippen LogP contribution in [-0.4, -0.2) is 16.1 Å². The van der Waals surface area contributed by atoms with E-state index in [1.165, 1.54) is 11.3 Å². The summed E-state index contributed by atoms with van der Waals surface area (Å²) in [5.74, 6) is -0.986. The second-order valence-electron chi connectivity index (χ2n) is 3.71. The number of hydrogen-bond donors (Lipinski definition) is 2. The molecule has 0 aliphatic heterocycles. The lowest BCUT2D eigenvalue weighted by molar-refractivity contribution is 0.0690. The van der Waals surface area contributed by atoms with E-state index in [0.29, 0.717) is 16.6 Å². The molecule has 2 aromatic rings. The molecule has 1 heterocycles. The van der Waals surface area contributed by atoms with E-state index in [1.807, 2.05) is 24.3 Å². The summed E-state index contributed by atoms with van der Waals surface area (Å²) >= 11 is 4.73. The first-order valence-electron chi connectivity index (χ1n) is 5.25. The number of aryl methyl sites for hydroxylation is 1. The average Bonchev–Trinajstić information content (AvgIpc) is 2.70. The second kappa shape index (κ2) is 5.49. The van der Waals surface area contributed by atoms with E-state index >= 15 is 0 Å². The van der Waals surface area contributed by atoms with E-state index < -0.39 is 5.97 Å².